The Balaban J connectivity index is 1.54. The number of hydrogen-bond acceptors (Lipinski definition) is 5. The Morgan fingerprint density at radius 3 is 2.14 bits per heavy atom. The Labute approximate surface area is 168 Å². The standard InChI is InChI=1S/C22H20N2O5/c1-16-20(8-5-9-21(16)24(26)27)23-22(25)17-10-12-19(13-11-17)29-15-14-28-18-6-3-2-4-7-18/h2-13H,14-15H2,1H3,(H,23,25). The molecule has 3 rings (SSSR count). The van der Waals surface area contributed by atoms with Gasteiger partial charge in [0.25, 0.3) is 11.6 Å². The summed E-state index contributed by atoms with van der Waals surface area (Å²) in [6.07, 6.45) is 0. The van der Waals surface area contributed by atoms with Crippen LogP contribution in [0.4, 0.5) is 11.4 Å². The second-order valence-corrected chi connectivity index (χ2v) is 6.20. The minimum absolute atomic E-state index is 0.0377. The number of nitro benzene ring substituents is 1. The largest absolute Gasteiger partial charge is 0.490 e. The van der Waals surface area contributed by atoms with Crippen molar-refractivity contribution in [3.63, 3.8) is 0 Å². The van der Waals surface area contributed by atoms with Crippen molar-refractivity contribution >= 4 is 17.3 Å². The van der Waals surface area contributed by atoms with Gasteiger partial charge in [0.05, 0.1) is 16.2 Å². The molecule has 0 aliphatic carbocycles. The van der Waals surface area contributed by atoms with Gasteiger partial charge < -0.3 is 14.8 Å². The van der Waals surface area contributed by atoms with Gasteiger partial charge in [-0.3, -0.25) is 14.9 Å². The van der Waals surface area contributed by atoms with Crippen LogP contribution in [-0.4, -0.2) is 24.0 Å². The number of ether oxygens (including phenoxy) is 2. The van der Waals surface area contributed by atoms with Crippen LogP contribution >= 0.6 is 0 Å². The molecule has 0 atom stereocenters. The third-order valence-electron chi connectivity index (χ3n) is 4.23. The van der Waals surface area contributed by atoms with E-state index in [0.717, 1.165) is 5.75 Å². The molecule has 0 spiro atoms. The van der Waals surface area contributed by atoms with Crippen molar-refractivity contribution < 1.29 is 19.2 Å². The molecule has 0 aliphatic rings. The minimum atomic E-state index is -0.474. The van der Waals surface area contributed by atoms with E-state index >= 15 is 0 Å². The fourth-order valence-electron chi connectivity index (χ4n) is 2.69. The van der Waals surface area contributed by atoms with Gasteiger partial charge in [0.2, 0.25) is 0 Å². The summed E-state index contributed by atoms with van der Waals surface area (Å²) >= 11 is 0. The number of nitro groups is 1. The van der Waals surface area contributed by atoms with Gasteiger partial charge in [-0.25, -0.2) is 0 Å². The normalized spacial score (nSPS) is 10.2. The molecule has 0 unspecified atom stereocenters. The molecule has 0 heterocycles. The Morgan fingerprint density at radius 2 is 1.52 bits per heavy atom. The molecule has 3 aromatic carbocycles. The van der Waals surface area contributed by atoms with E-state index in [0.29, 0.717) is 35.8 Å². The van der Waals surface area contributed by atoms with Crippen molar-refractivity contribution in [2.75, 3.05) is 18.5 Å². The van der Waals surface area contributed by atoms with Crippen molar-refractivity contribution in [2.24, 2.45) is 0 Å². The summed E-state index contributed by atoms with van der Waals surface area (Å²) in [6.45, 7) is 2.37. The molecule has 0 saturated heterocycles. The van der Waals surface area contributed by atoms with Gasteiger partial charge in [-0.1, -0.05) is 24.3 Å². The molecule has 0 aromatic heterocycles. The van der Waals surface area contributed by atoms with Gasteiger partial charge in [0.1, 0.15) is 24.7 Å². The maximum atomic E-state index is 12.4. The average molecular weight is 392 g/mol. The number of para-hydroxylation sites is 1. The average Bonchev–Trinajstić information content (AvgIpc) is 2.73. The zero-order valence-corrected chi connectivity index (χ0v) is 15.8. The lowest BCUT2D eigenvalue weighted by atomic mass is 10.1. The summed E-state index contributed by atoms with van der Waals surface area (Å²) in [5, 5.41) is 13.7. The van der Waals surface area contributed by atoms with Crippen LogP contribution in [0.1, 0.15) is 15.9 Å². The first-order chi connectivity index (χ1) is 14.0. The predicted octanol–water partition coefficient (Wildman–Crippen LogP) is 4.61. The summed E-state index contributed by atoms with van der Waals surface area (Å²) in [5.74, 6) is 1.04. The highest BCUT2D eigenvalue weighted by molar-refractivity contribution is 6.04. The van der Waals surface area contributed by atoms with Gasteiger partial charge in [-0.05, 0) is 49.4 Å². The maximum absolute atomic E-state index is 12.4. The first-order valence-electron chi connectivity index (χ1n) is 9.00. The molecule has 29 heavy (non-hydrogen) atoms. The zero-order chi connectivity index (χ0) is 20.6. The lowest BCUT2D eigenvalue weighted by Gasteiger charge is -2.10. The Hall–Kier alpha value is -3.87. The number of carbonyl (C=O) groups excluding carboxylic acids is 1. The first-order valence-corrected chi connectivity index (χ1v) is 9.00. The molecule has 1 N–H and O–H groups in total. The number of rotatable bonds is 8. The molecule has 0 fully saturated rings. The Bertz CT molecular complexity index is 988. The molecule has 148 valence electrons. The fraction of sp³-hybridized carbons (Fsp3) is 0.136. The molecule has 0 saturated carbocycles. The quantitative estimate of drug-likeness (QED) is 0.343. The van der Waals surface area contributed by atoms with Gasteiger partial charge >= 0.3 is 0 Å². The second-order valence-electron chi connectivity index (χ2n) is 6.20. The van der Waals surface area contributed by atoms with Gasteiger partial charge in [0.15, 0.2) is 0 Å². The molecular weight excluding hydrogens is 372 g/mol. The second kappa shape index (κ2) is 9.36. The predicted molar refractivity (Wildman–Crippen MR) is 110 cm³/mol. The van der Waals surface area contributed by atoms with E-state index in [1.165, 1.54) is 12.1 Å². The number of nitrogens with one attached hydrogen (secondary N) is 1. The van der Waals surface area contributed by atoms with E-state index in [9.17, 15) is 14.9 Å². The molecule has 1 amide bonds. The lowest BCUT2D eigenvalue weighted by molar-refractivity contribution is -0.385. The summed E-state index contributed by atoms with van der Waals surface area (Å²) in [6, 6.07) is 20.7. The van der Waals surface area contributed by atoms with Crippen LogP contribution in [0.5, 0.6) is 11.5 Å². The molecule has 7 nitrogen and oxygen atoms in total. The molecule has 3 aromatic rings. The third kappa shape index (κ3) is 5.32. The van der Waals surface area contributed by atoms with E-state index in [1.807, 2.05) is 30.3 Å². The fourth-order valence-corrected chi connectivity index (χ4v) is 2.69. The van der Waals surface area contributed by atoms with Crippen molar-refractivity contribution in [1.29, 1.82) is 0 Å². The zero-order valence-electron chi connectivity index (χ0n) is 15.8. The van der Waals surface area contributed by atoms with Crippen LogP contribution < -0.4 is 14.8 Å². The monoisotopic (exact) mass is 392 g/mol. The molecule has 0 aliphatic heterocycles. The van der Waals surface area contributed by atoms with E-state index in [2.05, 4.69) is 5.32 Å². The summed E-state index contributed by atoms with van der Waals surface area (Å²) in [5.41, 5.74) is 1.19. The lowest BCUT2D eigenvalue weighted by Crippen LogP contribution is -2.13. The number of anilines is 1. The molecular formula is C22H20N2O5. The van der Waals surface area contributed by atoms with E-state index in [-0.39, 0.29) is 11.6 Å². The smallest absolute Gasteiger partial charge is 0.274 e. The topological polar surface area (TPSA) is 90.7 Å². The Morgan fingerprint density at radius 1 is 0.897 bits per heavy atom. The highest BCUT2D eigenvalue weighted by Crippen LogP contribution is 2.25. The first kappa shape index (κ1) is 19.9. The van der Waals surface area contributed by atoms with Crippen LogP contribution in [0.3, 0.4) is 0 Å². The van der Waals surface area contributed by atoms with Crippen LogP contribution in [0.15, 0.2) is 72.8 Å². The number of amides is 1. The van der Waals surface area contributed by atoms with Crippen molar-refractivity contribution in [3.05, 3.63) is 94.0 Å². The highest BCUT2D eigenvalue weighted by atomic mass is 16.6. The van der Waals surface area contributed by atoms with Crippen LogP contribution in [0, 0.1) is 17.0 Å². The third-order valence-corrected chi connectivity index (χ3v) is 4.23. The number of benzene rings is 3. The maximum Gasteiger partial charge on any atom is 0.274 e. The Kier molecular flexibility index (Phi) is 6.42. The van der Waals surface area contributed by atoms with Crippen molar-refractivity contribution in [2.45, 2.75) is 6.92 Å². The number of nitrogens with zero attached hydrogens (tertiary/aromatic N) is 1. The van der Waals surface area contributed by atoms with Gasteiger partial charge in [0, 0.05) is 11.6 Å². The van der Waals surface area contributed by atoms with Gasteiger partial charge in [-0.2, -0.15) is 0 Å². The molecule has 0 radical (unpaired) electrons. The number of hydrogen-bond donors (Lipinski definition) is 1. The van der Waals surface area contributed by atoms with Crippen molar-refractivity contribution in [3.8, 4) is 11.5 Å². The highest BCUT2D eigenvalue weighted by Gasteiger charge is 2.15. The minimum Gasteiger partial charge on any atom is -0.490 e. The number of carbonyl (C=O) groups is 1. The van der Waals surface area contributed by atoms with Crippen LogP contribution in [0.25, 0.3) is 0 Å². The van der Waals surface area contributed by atoms with Crippen LogP contribution in [-0.2, 0) is 0 Å². The SMILES string of the molecule is Cc1c(NC(=O)c2ccc(OCCOc3ccccc3)cc2)cccc1[N+](=O)[O-]. The summed E-state index contributed by atoms with van der Waals surface area (Å²) in [7, 11) is 0. The van der Waals surface area contributed by atoms with E-state index in [1.54, 1.807) is 37.3 Å². The van der Waals surface area contributed by atoms with Crippen LogP contribution in [0.2, 0.25) is 0 Å². The molecule has 7 heteroatoms. The van der Waals surface area contributed by atoms with E-state index in [4.69, 9.17) is 9.47 Å². The summed E-state index contributed by atoms with van der Waals surface area (Å²) < 4.78 is 11.2. The van der Waals surface area contributed by atoms with Gasteiger partial charge in [-0.15, -0.1) is 0 Å². The van der Waals surface area contributed by atoms with Crippen molar-refractivity contribution in [1.82, 2.24) is 0 Å². The molecule has 0 bridgehead atoms. The van der Waals surface area contributed by atoms with E-state index < -0.39 is 4.92 Å². The summed E-state index contributed by atoms with van der Waals surface area (Å²) in [4.78, 5) is 23.0.